The van der Waals surface area contributed by atoms with Crippen LogP contribution in [-0.4, -0.2) is 42.0 Å². The Kier molecular flexibility index (Phi) is 2.65. The Balaban J connectivity index is 2.32. The lowest BCUT2D eigenvalue weighted by Crippen LogP contribution is -2.45. The molecule has 0 aromatic carbocycles. The number of ether oxygens (including phenoxy) is 1. The Labute approximate surface area is 61.6 Å². The number of morpholine rings is 1. The molecule has 1 heterocycles. The summed E-state index contributed by atoms with van der Waals surface area (Å²) in [6.07, 6.45) is -0.0605. The smallest absolute Gasteiger partial charge is 0.104 e. The van der Waals surface area contributed by atoms with Crippen LogP contribution in [0.3, 0.4) is 0 Å². The number of hydrogen-bond donors (Lipinski definition) is 1. The van der Waals surface area contributed by atoms with E-state index in [0.29, 0.717) is 0 Å². The van der Waals surface area contributed by atoms with E-state index in [0.717, 1.165) is 19.7 Å². The number of nitrogens with zero attached hydrogens (tertiary/aromatic N) is 1. The van der Waals surface area contributed by atoms with Crippen molar-refractivity contribution in [2.45, 2.75) is 26.2 Å². The highest BCUT2D eigenvalue weighted by Crippen LogP contribution is 2.05. The molecule has 0 spiro atoms. The lowest BCUT2D eigenvalue weighted by atomic mass is 10.3. The van der Waals surface area contributed by atoms with Gasteiger partial charge in [0.2, 0.25) is 0 Å². The van der Waals surface area contributed by atoms with Crippen LogP contribution in [-0.2, 0) is 4.74 Å². The van der Waals surface area contributed by atoms with Crippen LogP contribution in [0.2, 0.25) is 0 Å². The van der Waals surface area contributed by atoms with Crippen LogP contribution >= 0.6 is 0 Å². The van der Waals surface area contributed by atoms with Gasteiger partial charge in [-0.05, 0) is 13.8 Å². The molecule has 0 amide bonds. The van der Waals surface area contributed by atoms with Crippen molar-refractivity contribution in [1.29, 1.82) is 0 Å². The molecule has 10 heavy (non-hydrogen) atoms. The van der Waals surface area contributed by atoms with Crippen molar-refractivity contribution in [2.75, 3.05) is 19.7 Å². The van der Waals surface area contributed by atoms with Gasteiger partial charge in [0, 0.05) is 13.1 Å². The molecule has 0 aromatic rings. The highest BCUT2D eigenvalue weighted by Gasteiger charge is 2.18. The van der Waals surface area contributed by atoms with E-state index in [4.69, 9.17) is 9.84 Å². The summed E-state index contributed by atoms with van der Waals surface area (Å²) >= 11 is 0. The van der Waals surface area contributed by atoms with E-state index in [1.165, 1.54) is 0 Å². The predicted molar refractivity (Wildman–Crippen MR) is 38.7 cm³/mol. The van der Waals surface area contributed by atoms with Gasteiger partial charge in [0.15, 0.2) is 0 Å². The minimum Gasteiger partial charge on any atom is -0.379 e. The Morgan fingerprint density at radius 2 is 2.40 bits per heavy atom. The molecule has 1 aliphatic heterocycles. The number of hydrogen-bond acceptors (Lipinski definition) is 3. The van der Waals surface area contributed by atoms with Gasteiger partial charge in [-0.1, -0.05) is 0 Å². The number of aliphatic hydroxyl groups excluding tert-OH is 1. The first-order chi connectivity index (χ1) is 4.70. The minimum atomic E-state index is -0.327. The Bertz CT molecular complexity index is 106. The maximum atomic E-state index is 9.17. The van der Waals surface area contributed by atoms with Gasteiger partial charge in [0.1, 0.15) is 6.23 Å². The lowest BCUT2D eigenvalue weighted by molar-refractivity contribution is -0.0804. The summed E-state index contributed by atoms with van der Waals surface area (Å²) in [5.41, 5.74) is 0. The van der Waals surface area contributed by atoms with E-state index >= 15 is 0 Å². The fraction of sp³-hybridized carbons (Fsp3) is 1.00. The summed E-state index contributed by atoms with van der Waals surface area (Å²) in [6, 6.07) is 0. The molecule has 0 aromatic heterocycles. The van der Waals surface area contributed by atoms with Crippen molar-refractivity contribution in [3.8, 4) is 0 Å². The average molecular weight is 145 g/mol. The monoisotopic (exact) mass is 145 g/mol. The van der Waals surface area contributed by atoms with Crippen LogP contribution in [0.5, 0.6) is 0 Å². The standard InChI is InChI=1S/C7H15NO2/c1-6-5-8(7(2)9)3-4-10-6/h6-7,9H,3-5H2,1-2H3. The molecule has 0 radical (unpaired) electrons. The molecule has 1 rings (SSSR count). The maximum absolute atomic E-state index is 9.17. The SMILES string of the molecule is CC1CN(C(C)O)CCO1. The van der Waals surface area contributed by atoms with Gasteiger partial charge in [0.05, 0.1) is 12.7 Å². The van der Waals surface area contributed by atoms with E-state index in [2.05, 4.69) is 0 Å². The zero-order chi connectivity index (χ0) is 7.56. The first kappa shape index (κ1) is 7.98. The van der Waals surface area contributed by atoms with Crippen LogP contribution in [0.15, 0.2) is 0 Å². The first-order valence-corrected chi connectivity index (χ1v) is 3.74. The molecule has 1 saturated heterocycles. The molecule has 0 bridgehead atoms. The molecule has 3 heteroatoms. The maximum Gasteiger partial charge on any atom is 0.104 e. The van der Waals surface area contributed by atoms with Crippen molar-refractivity contribution < 1.29 is 9.84 Å². The van der Waals surface area contributed by atoms with E-state index < -0.39 is 0 Å². The van der Waals surface area contributed by atoms with Crippen LogP contribution in [0.25, 0.3) is 0 Å². The van der Waals surface area contributed by atoms with Crippen LogP contribution < -0.4 is 0 Å². The van der Waals surface area contributed by atoms with E-state index in [1.54, 1.807) is 6.92 Å². The third-order valence-electron chi connectivity index (χ3n) is 1.80. The zero-order valence-corrected chi connectivity index (χ0v) is 6.58. The molecule has 0 saturated carbocycles. The lowest BCUT2D eigenvalue weighted by Gasteiger charge is -2.32. The van der Waals surface area contributed by atoms with E-state index in [-0.39, 0.29) is 12.3 Å². The summed E-state index contributed by atoms with van der Waals surface area (Å²) in [6.45, 7) is 6.25. The quantitative estimate of drug-likeness (QED) is 0.565. The molecule has 1 aliphatic rings. The van der Waals surface area contributed by atoms with Gasteiger partial charge < -0.3 is 9.84 Å². The normalized spacial score (nSPS) is 32.1. The van der Waals surface area contributed by atoms with Gasteiger partial charge in [-0.15, -0.1) is 0 Å². The summed E-state index contributed by atoms with van der Waals surface area (Å²) in [7, 11) is 0. The molecular formula is C7H15NO2. The zero-order valence-electron chi connectivity index (χ0n) is 6.58. The molecular weight excluding hydrogens is 130 g/mol. The van der Waals surface area contributed by atoms with Gasteiger partial charge in [-0.3, -0.25) is 4.90 Å². The number of aliphatic hydroxyl groups is 1. The van der Waals surface area contributed by atoms with E-state index in [1.807, 2.05) is 11.8 Å². The molecule has 2 atom stereocenters. The Morgan fingerprint density at radius 3 is 2.80 bits per heavy atom. The Hall–Kier alpha value is -0.120. The topological polar surface area (TPSA) is 32.7 Å². The first-order valence-electron chi connectivity index (χ1n) is 3.74. The van der Waals surface area contributed by atoms with Gasteiger partial charge in [0.25, 0.3) is 0 Å². The van der Waals surface area contributed by atoms with Crippen molar-refractivity contribution in [2.24, 2.45) is 0 Å². The summed E-state index contributed by atoms with van der Waals surface area (Å²) < 4.78 is 5.31. The fourth-order valence-corrected chi connectivity index (χ4v) is 1.18. The second-order valence-electron chi connectivity index (χ2n) is 2.81. The third-order valence-corrected chi connectivity index (χ3v) is 1.80. The third kappa shape index (κ3) is 1.94. The molecule has 1 N–H and O–H groups in total. The second kappa shape index (κ2) is 3.32. The van der Waals surface area contributed by atoms with Crippen LogP contribution in [0.4, 0.5) is 0 Å². The summed E-state index contributed by atoms with van der Waals surface area (Å²) in [5, 5.41) is 9.17. The highest BCUT2D eigenvalue weighted by molar-refractivity contribution is 4.67. The van der Waals surface area contributed by atoms with E-state index in [9.17, 15) is 0 Å². The van der Waals surface area contributed by atoms with Crippen molar-refractivity contribution in [3.63, 3.8) is 0 Å². The van der Waals surface area contributed by atoms with Crippen LogP contribution in [0.1, 0.15) is 13.8 Å². The summed E-state index contributed by atoms with van der Waals surface area (Å²) in [4.78, 5) is 2.01. The van der Waals surface area contributed by atoms with Crippen molar-refractivity contribution in [1.82, 2.24) is 4.90 Å². The van der Waals surface area contributed by atoms with Gasteiger partial charge in [-0.2, -0.15) is 0 Å². The average Bonchev–Trinajstić information content (AvgIpc) is 1.88. The van der Waals surface area contributed by atoms with Crippen molar-refractivity contribution >= 4 is 0 Å². The predicted octanol–water partition coefficient (Wildman–Crippen LogP) is 0.0454. The molecule has 3 nitrogen and oxygen atoms in total. The number of rotatable bonds is 1. The fourth-order valence-electron chi connectivity index (χ4n) is 1.18. The highest BCUT2D eigenvalue weighted by atomic mass is 16.5. The molecule has 2 unspecified atom stereocenters. The minimum absolute atomic E-state index is 0.267. The second-order valence-corrected chi connectivity index (χ2v) is 2.81. The van der Waals surface area contributed by atoms with Gasteiger partial charge in [-0.25, -0.2) is 0 Å². The summed E-state index contributed by atoms with van der Waals surface area (Å²) in [5.74, 6) is 0. The van der Waals surface area contributed by atoms with Crippen LogP contribution in [0, 0.1) is 0 Å². The molecule has 60 valence electrons. The Morgan fingerprint density at radius 1 is 1.70 bits per heavy atom. The van der Waals surface area contributed by atoms with Crippen molar-refractivity contribution in [3.05, 3.63) is 0 Å². The molecule has 0 aliphatic carbocycles. The van der Waals surface area contributed by atoms with Gasteiger partial charge >= 0.3 is 0 Å². The largest absolute Gasteiger partial charge is 0.379 e. The molecule has 1 fully saturated rings.